The Labute approximate surface area is 166 Å². The van der Waals surface area contributed by atoms with Crippen LogP contribution in [0.1, 0.15) is 24.7 Å². The second kappa shape index (κ2) is 7.98. The Bertz CT molecular complexity index is 994. The first kappa shape index (κ1) is 18.4. The minimum atomic E-state index is -0.395. The van der Waals surface area contributed by atoms with Gasteiger partial charge in [0.1, 0.15) is 5.82 Å². The fourth-order valence-corrected chi connectivity index (χ4v) is 3.47. The largest absolute Gasteiger partial charge is 0.339 e. The number of carbonyl (C=O) groups excluding carboxylic acids is 1. The summed E-state index contributed by atoms with van der Waals surface area (Å²) in [5.41, 5.74) is 1.20. The van der Waals surface area contributed by atoms with Crippen molar-refractivity contribution in [2.75, 3.05) is 18.4 Å². The molecular weight excluding hydrogens is 383 g/mol. The van der Waals surface area contributed by atoms with Gasteiger partial charge >= 0.3 is 6.03 Å². The quantitative estimate of drug-likeness (QED) is 0.675. The van der Waals surface area contributed by atoms with Gasteiger partial charge in [-0.3, -0.25) is 0 Å². The molecule has 2 heterocycles. The van der Waals surface area contributed by atoms with Crippen LogP contribution in [0.15, 0.2) is 53.1 Å². The number of anilines is 1. The summed E-state index contributed by atoms with van der Waals surface area (Å²) in [5.74, 6) is 0.526. The molecule has 0 spiro atoms. The molecule has 2 aromatic carbocycles. The van der Waals surface area contributed by atoms with Crippen LogP contribution < -0.4 is 5.32 Å². The summed E-state index contributed by atoms with van der Waals surface area (Å²) in [6.07, 6.45) is 1.66. The lowest BCUT2D eigenvalue weighted by atomic mass is 9.98. The van der Waals surface area contributed by atoms with Crippen molar-refractivity contribution in [2.24, 2.45) is 0 Å². The molecule has 2 amide bonds. The molecule has 6 nitrogen and oxygen atoms in total. The van der Waals surface area contributed by atoms with Gasteiger partial charge in [-0.2, -0.15) is 4.98 Å². The van der Waals surface area contributed by atoms with Crippen LogP contribution in [0.2, 0.25) is 5.02 Å². The van der Waals surface area contributed by atoms with Crippen LogP contribution >= 0.6 is 11.6 Å². The third kappa shape index (κ3) is 4.14. The maximum atomic E-state index is 13.3. The molecule has 8 heteroatoms. The number of nitrogens with zero attached hydrogens (tertiary/aromatic N) is 3. The number of piperidine rings is 1. The molecule has 1 saturated heterocycles. The molecule has 0 saturated carbocycles. The van der Waals surface area contributed by atoms with Crippen LogP contribution in [-0.4, -0.2) is 34.2 Å². The van der Waals surface area contributed by atoms with E-state index in [1.54, 1.807) is 29.2 Å². The predicted octanol–water partition coefficient (Wildman–Crippen LogP) is 4.94. The van der Waals surface area contributed by atoms with Crippen molar-refractivity contribution in [1.29, 1.82) is 0 Å². The lowest BCUT2D eigenvalue weighted by Gasteiger charge is -2.31. The monoisotopic (exact) mass is 400 g/mol. The minimum Gasteiger partial charge on any atom is -0.339 e. The SMILES string of the molecule is O=C(Nc1cccc(F)c1)N1CCC[C@H](c2nc(-c3cccc(Cl)c3)no2)C1. The van der Waals surface area contributed by atoms with Crippen LogP contribution in [0.25, 0.3) is 11.4 Å². The number of hydrogen-bond donors (Lipinski definition) is 1. The summed E-state index contributed by atoms with van der Waals surface area (Å²) in [6, 6.07) is 12.8. The molecule has 1 fully saturated rings. The van der Waals surface area contributed by atoms with E-state index >= 15 is 0 Å². The van der Waals surface area contributed by atoms with Crippen LogP contribution in [-0.2, 0) is 0 Å². The third-order valence-electron chi connectivity index (χ3n) is 4.66. The van der Waals surface area contributed by atoms with E-state index in [0.717, 1.165) is 18.4 Å². The van der Waals surface area contributed by atoms with Crippen LogP contribution in [0.3, 0.4) is 0 Å². The fourth-order valence-electron chi connectivity index (χ4n) is 3.28. The van der Waals surface area contributed by atoms with Gasteiger partial charge < -0.3 is 14.7 Å². The topological polar surface area (TPSA) is 71.3 Å². The Hall–Kier alpha value is -2.93. The third-order valence-corrected chi connectivity index (χ3v) is 4.89. The zero-order chi connectivity index (χ0) is 19.5. The van der Waals surface area contributed by atoms with E-state index in [-0.39, 0.29) is 11.9 Å². The molecule has 1 aliphatic rings. The van der Waals surface area contributed by atoms with Gasteiger partial charge in [-0.05, 0) is 43.2 Å². The molecule has 0 aliphatic carbocycles. The highest BCUT2D eigenvalue weighted by Crippen LogP contribution is 2.28. The van der Waals surface area contributed by atoms with Crippen LogP contribution in [0.5, 0.6) is 0 Å². The number of hydrogen-bond acceptors (Lipinski definition) is 4. The summed E-state index contributed by atoms with van der Waals surface area (Å²) in [5, 5.41) is 7.37. The fraction of sp³-hybridized carbons (Fsp3) is 0.250. The molecule has 1 aromatic heterocycles. The van der Waals surface area contributed by atoms with E-state index in [1.165, 1.54) is 12.1 Å². The van der Waals surface area contributed by atoms with E-state index in [0.29, 0.717) is 35.5 Å². The lowest BCUT2D eigenvalue weighted by molar-refractivity contribution is 0.184. The van der Waals surface area contributed by atoms with Gasteiger partial charge in [0.25, 0.3) is 0 Å². The van der Waals surface area contributed by atoms with Gasteiger partial charge in [0, 0.05) is 29.4 Å². The van der Waals surface area contributed by atoms with Crippen molar-refractivity contribution in [1.82, 2.24) is 15.0 Å². The van der Waals surface area contributed by atoms with E-state index in [2.05, 4.69) is 15.5 Å². The molecule has 0 radical (unpaired) electrons. The van der Waals surface area contributed by atoms with Crippen molar-refractivity contribution in [3.8, 4) is 11.4 Å². The van der Waals surface area contributed by atoms with Crippen molar-refractivity contribution in [3.05, 3.63) is 65.3 Å². The molecule has 3 aromatic rings. The van der Waals surface area contributed by atoms with E-state index < -0.39 is 5.82 Å². The highest BCUT2D eigenvalue weighted by atomic mass is 35.5. The highest BCUT2D eigenvalue weighted by Gasteiger charge is 2.29. The number of benzene rings is 2. The summed E-state index contributed by atoms with van der Waals surface area (Å²) in [6.45, 7) is 1.07. The molecule has 4 rings (SSSR count). The normalized spacial score (nSPS) is 16.8. The van der Waals surface area contributed by atoms with Gasteiger partial charge in [-0.15, -0.1) is 0 Å². The lowest BCUT2D eigenvalue weighted by Crippen LogP contribution is -2.41. The molecule has 144 valence electrons. The highest BCUT2D eigenvalue weighted by molar-refractivity contribution is 6.30. The maximum absolute atomic E-state index is 13.3. The van der Waals surface area contributed by atoms with Gasteiger partial charge in [0.15, 0.2) is 0 Å². The molecule has 0 unspecified atom stereocenters. The Kier molecular flexibility index (Phi) is 5.25. The first-order chi connectivity index (χ1) is 13.6. The zero-order valence-electron chi connectivity index (χ0n) is 14.9. The van der Waals surface area contributed by atoms with E-state index in [4.69, 9.17) is 16.1 Å². The number of halogens is 2. The average Bonchev–Trinajstić information content (AvgIpc) is 3.18. The standard InChI is InChI=1S/C20H18ClFN4O2/c21-15-6-1-4-13(10-15)18-24-19(28-25-18)14-5-3-9-26(12-14)20(27)23-17-8-2-7-16(22)11-17/h1-2,4,6-8,10-11,14H,3,5,9,12H2,(H,23,27)/t14-/m0/s1. The summed E-state index contributed by atoms with van der Waals surface area (Å²) in [4.78, 5) is 18.7. The number of amides is 2. The van der Waals surface area contributed by atoms with E-state index in [1.807, 2.05) is 12.1 Å². The minimum absolute atomic E-state index is 0.0487. The first-order valence-corrected chi connectivity index (χ1v) is 9.37. The van der Waals surface area contributed by atoms with Gasteiger partial charge in [0.05, 0.1) is 5.92 Å². The zero-order valence-corrected chi connectivity index (χ0v) is 15.7. The van der Waals surface area contributed by atoms with Gasteiger partial charge in [-0.1, -0.05) is 35.0 Å². The molecule has 1 aliphatic heterocycles. The predicted molar refractivity (Wildman–Crippen MR) is 104 cm³/mol. The first-order valence-electron chi connectivity index (χ1n) is 8.99. The molecular formula is C20H18ClFN4O2. The number of aromatic nitrogens is 2. The molecule has 0 bridgehead atoms. The number of urea groups is 1. The number of rotatable bonds is 3. The van der Waals surface area contributed by atoms with Gasteiger partial charge in [0.2, 0.25) is 11.7 Å². The van der Waals surface area contributed by atoms with Crippen molar-refractivity contribution in [2.45, 2.75) is 18.8 Å². The second-order valence-electron chi connectivity index (χ2n) is 6.69. The Morgan fingerprint density at radius 2 is 2.11 bits per heavy atom. The Morgan fingerprint density at radius 3 is 2.93 bits per heavy atom. The smallest absolute Gasteiger partial charge is 0.321 e. The van der Waals surface area contributed by atoms with Gasteiger partial charge in [-0.25, -0.2) is 9.18 Å². The Morgan fingerprint density at radius 1 is 1.25 bits per heavy atom. The molecule has 1 atom stereocenters. The molecule has 28 heavy (non-hydrogen) atoms. The van der Waals surface area contributed by atoms with Crippen molar-refractivity contribution >= 4 is 23.3 Å². The second-order valence-corrected chi connectivity index (χ2v) is 7.13. The van der Waals surface area contributed by atoms with Crippen LogP contribution in [0, 0.1) is 5.82 Å². The average molecular weight is 401 g/mol. The summed E-state index contributed by atoms with van der Waals surface area (Å²) < 4.78 is 18.8. The van der Waals surface area contributed by atoms with Crippen LogP contribution in [0.4, 0.5) is 14.9 Å². The summed E-state index contributed by atoms with van der Waals surface area (Å²) in [7, 11) is 0. The summed E-state index contributed by atoms with van der Waals surface area (Å²) >= 11 is 6.02. The maximum Gasteiger partial charge on any atom is 0.321 e. The van der Waals surface area contributed by atoms with Crippen molar-refractivity contribution < 1.29 is 13.7 Å². The number of carbonyl (C=O) groups is 1. The number of nitrogens with one attached hydrogen (secondary N) is 1. The Balaban J connectivity index is 1.44. The molecule has 1 N–H and O–H groups in total. The number of likely N-dealkylation sites (tertiary alicyclic amines) is 1. The van der Waals surface area contributed by atoms with Crippen molar-refractivity contribution in [3.63, 3.8) is 0 Å². The van der Waals surface area contributed by atoms with E-state index in [9.17, 15) is 9.18 Å².